The summed E-state index contributed by atoms with van der Waals surface area (Å²) in [5.74, 6) is 0.442. The van der Waals surface area contributed by atoms with E-state index in [0.29, 0.717) is 25.6 Å². The van der Waals surface area contributed by atoms with Crippen molar-refractivity contribution < 1.29 is 9.59 Å². The number of aliphatic imine (C=N–C) groups is 1. The Balaban J connectivity index is 1.93. The molecule has 132 valence electrons. The van der Waals surface area contributed by atoms with Crippen molar-refractivity contribution in [3.63, 3.8) is 0 Å². The lowest BCUT2D eigenvalue weighted by Crippen LogP contribution is -2.43. The third-order valence-electron chi connectivity index (χ3n) is 3.96. The van der Waals surface area contributed by atoms with Gasteiger partial charge in [-0.3, -0.25) is 14.4 Å². The van der Waals surface area contributed by atoms with Crippen LogP contribution in [0.15, 0.2) is 4.99 Å². The zero-order valence-corrected chi connectivity index (χ0v) is 14.6. The van der Waals surface area contributed by atoms with Crippen molar-refractivity contribution in [2.45, 2.75) is 27.3 Å². The SMILES string of the molecule is CCNC(=NCc1c(C)nn(C)c1C)NCCN1C(=O)CNC1=O. The molecule has 2 heterocycles. The minimum atomic E-state index is -0.342. The predicted molar refractivity (Wildman–Crippen MR) is 90.6 cm³/mol. The Morgan fingerprint density at radius 2 is 2.08 bits per heavy atom. The lowest BCUT2D eigenvalue weighted by Gasteiger charge is -2.15. The van der Waals surface area contributed by atoms with Crippen LogP contribution in [0.25, 0.3) is 0 Å². The van der Waals surface area contributed by atoms with Crippen molar-refractivity contribution in [3.05, 3.63) is 17.0 Å². The summed E-state index contributed by atoms with van der Waals surface area (Å²) in [6, 6.07) is -0.342. The Bertz CT molecular complexity index is 634. The van der Waals surface area contributed by atoms with E-state index in [1.807, 2.05) is 32.5 Å². The van der Waals surface area contributed by atoms with E-state index in [9.17, 15) is 9.59 Å². The second kappa shape index (κ2) is 7.80. The lowest BCUT2D eigenvalue weighted by atomic mass is 10.2. The number of rotatable bonds is 6. The number of nitrogens with one attached hydrogen (secondary N) is 3. The van der Waals surface area contributed by atoms with Gasteiger partial charge < -0.3 is 16.0 Å². The summed E-state index contributed by atoms with van der Waals surface area (Å²) in [7, 11) is 1.91. The highest BCUT2D eigenvalue weighted by molar-refractivity contribution is 6.01. The van der Waals surface area contributed by atoms with Crippen molar-refractivity contribution in [2.75, 3.05) is 26.2 Å². The van der Waals surface area contributed by atoms with Crippen LogP contribution in [0.2, 0.25) is 0 Å². The molecule has 1 saturated heterocycles. The van der Waals surface area contributed by atoms with Gasteiger partial charge in [-0.15, -0.1) is 0 Å². The first-order chi connectivity index (χ1) is 11.4. The second-order valence-corrected chi connectivity index (χ2v) is 5.60. The topological polar surface area (TPSA) is 104 Å². The molecule has 0 unspecified atom stereocenters. The molecule has 0 radical (unpaired) electrons. The molecule has 9 nitrogen and oxygen atoms in total. The Morgan fingerprint density at radius 1 is 1.33 bits per heavy atom. The molecule has 0 bridgehead atoms. The largest absolute Gasteiger partial charge is 0.357 e. The van der Waals surface area contributed by atoms with Crippen LogP contribution in [0, 0.1) is 13.8 Å². The molecule has 1 aliphatic rings. The number of guanidine groups is 1. The van der Waals surface area contributed by atoms with Gasteiger partial charge in [0, 0.05) is 37.9 Å². The smallest absolute Gasteiger partial charge is 0.324 e. The van der Waals surface area contributed by atoms with Gasteiger partial charge in [-0.1, -0.05) is 0 Å². The molecule has 0 aliphatic carbocycles. The summed E-state index contributed by atoms with van der Waals surface area (Å²) in [6.45, 7) is 8.03. The average Bonchev–Trinajstić information content (AvgIpc) is 2.98. The molecule has 9 heteroatoms. The number of carbonyl (C=O) groups is 2. The molecule has 0 aromatic carbocycles. The molecule has 2 rings (SSSR count). The van der Waals surface area contributed by atoms with E-state index in [2.05, 4.69) is 26.0 Å². The van der Waals surface area contributed by atoms with Crippen LogP contribution in [0.1, 0.15) is 23.9 Å². The van der Waals surface area contributed by atoms with Gasteiger partial charge >= 0.3 is 6.03 Å². The van der Waals surface area contributed by atoms with E-state index in [1.54, 1.807) is 0 Å². The Kier molecular flexibility index (Phi) is 5.78. The molecule has 0 atom stereocenters. The van der Waals surface area contributed by atoms with Crippen LogP contribution in [0.4, 0.5) is 4.79 Å². The molecular weight excluding hydrogens is 310 g/mol. The van der Waals surface area contributed by atoms with Gasteiger partial charge in [0.1, 0.15) is 0 Å². The normalized spacial score (nSPS) is 15.0. The van der Waals surface area contributed by atoms with Gasteiger partial charge in [-0.05, 0) is 20.8 Å². The van der Waals surface area contributed by atoms with Gasteiger partial charge in [-0.25, -0.2) is 9.79 Å². The lowest BCUT2D eigenvalue weighted by molar-refractivity contribution is -0.124. The fourth-order valence-electron chi connectivity index (χ4n) is 2.51. The molecule has 3 amide bonds. The second-order valence-electron chi connectivity index (χ2n) is 5.60. The predicted octanol–water partition coefficient (Wildman–Crippen LogP) is -0.356. The number of amides is 3. The molecule has 1 fully saturated rings. The highest BCUT2D eigenvalue weighted by Gasteiger charge is 2.27. The molecule has 1 aromatic heterocycles. The fraction of sp³-hybridized carbons (Fsp3) is 0.600. The fourth-order valence-corrected chi connectivity index (χ4v) is 2.51. The summed E-state index contributed by atoms with van der Waals surface area (Å²) in [5, 5.41) is 13.2. The maximum atomic E-state index is 11.5. The van der Waals surface area contributed by atoms with Crippen LogP contribution in [-0.2, 0) is 18.4 Å². The molecular formula is C15H25N7O2. The first kappa shape index (κ1) is 17.8. The van der Waals surface area contributed by atoms with Crippen molar-refractivity contribution >= 4 is 17.9 Å². The number of nitrogens with zero attached hydrogens (tertiary/aromatic N) is 4. The number of carbonyl (C=O) groups excluding carboxylic acids is 2. The first-order valence-corrected chi connectivity index (χ1v) is 8.03. The van der Waals surface area contributed by atoms with Crippen LogP contribution < -0.4 is 16.0 Å². The van der Waals surface area contributed by atoms with Crippen molar-refractivity contribution in [1.29, 1.82) is 0 Å². The average molecular weight is 335 g/mol. The number of imide groups is 1. The minimum Gasteiger partial charge on any atom is -0.357 e. The van der Waals surface area contributed by atoms with E-state index < -0.39 is 0 Å². The third-order valence-corrected chi connectivity index (χ3v) is 3.96. The van der Waals surface area contributed by atoms with Crippen LogP contribution >= 0.6 is 0 Å². The van der Waals surface area contributed by atoms with E-state index in [0.717, 1.165) is 23.5 Å². The summed E-state index contributed by atoms with van der Waals surface area (Å²) >= 11 is 0. The molecule has 3 N–H and O–H groups in total. The Labute approximate surface area is 141 Å². The Hall–Kier alpha value is -2.58. The summed E-state index contributed by atoms with van der Waals surface area (Å²) in [5.41, 5.74) is 3.16. The standard InChI is InChI=1S/C15H25N7O2/c1-5-16-14(17-6-7-22-13(23)9-19-15(22)24)18-8-12-10(2)20-21(4)11(12)3/h5-9H2,1-4H3,(H,19,24)(H2,16,17,18). The summed E-state index contributed by atoms with van der Waals surface area (Å²) < 4.78 is 1.85. The zero-order valence-electron chi connectivity index (χ0n) is 14.6. The van der Waals surface area contributed by atoms with E-state index in [4.69, 9.17) is 0 Å². The van der Waals surface area contributed by atoms with Crippen LogP contribution in [0.3, 0.4) is 0 Å². The van der Waals surface area contributed by atoms with Gasteiger partial charge in [0.15, 0.2) is 5.96 Å². The van der Waals surface area contributed by atoms with Crippen LogP contribution in [-0.4, -0.2) is 58.8 Å². The first-order valence-electron chi connectivity index (χ1n) is 8.03. The van der Waals surface area contributed by atoms with Crippen LogP contribution in [0.5, 0.6) is 0 Å². The molecule has 1 aromatic rings. The van der Waals surface area contributed by atoms with Crippen molar-refractivity contribution in [1.82, 2.24) is 30.6 Å². The number of aryl methyl sites for hydroxylation is 2. The van der Waals surface area contributed by atoms with E-state index >= 15 is 0 Å². The quantitative estimate of drug-likeness (QED) is 0.374. The molecule has 0 saturated carbocycles. The monoisotopic (exact) mass is 335 g/mol. The molecule has 1 aliphatic heterocycles. The highest BCUT2D eigenvalue weighted by Crippen LogP contribution is 2.12. The number of urea groups is 1. The van der Waals surface area contributed by atoms with E-state index in [-0.39, 0.29) is 18.5 Å². The van der Waals surface area contributed by atoms with Crippen molar-refractivity contribution in [2.24, 2.45) is 12.0 Å². The van der Waals surface area contributed by atoms with Gasteiger partial charge in [-0.2, -0.15) is 5.10 Å². The maximum Gasteiger partial charge on any atom is 0.324 e. The molecule has 24 heavy (non-hydrogen) atoms. The zero-order chi connectivity index (χ0) is 17.7. The number of hydrogen-bond donors (Lipinski definition) is 3. The van der Waals surface area contributed by atoms with Gasteiger partial charge in [0.05, 0.1) is 18.8 Å². The summed E-state index contributed by atoms with van der Waals surface area (Å²) in [6.07, 6.45) is 0. The van der Waals surface area contributed by atoms with Gasteiger partial charge in [0.25, 0.3) is 0 Å². The number of aromatic nitrogens is 2. The third kappa shape index (κ3) is 4.03. The highest BCUT2D eigenvalue weighted by atomic mass is 16.2. The summed E-state index contributed by atoms with van der Waals surface area (Å²) in [4.78, 5) is 28.8. The van der Waals surface area contributed by atoms with Crippen molar-refractivity contribution in [3.8, 4) is 0 Å². The van der Waals surface area contributed by atoms with Gasteiger partial charge in [0.2, 0.25) is 5.91 Å². The Morgan fingerprint density at radius 3 is 2.62 bits per heavy atom. The van der Waals surface area contributed by atoms with E-state index in [1.165, 1.54) is 4.90 Å². The molecule has 0 spiro atoms. The minimum absolute atomic E-state index is 0.0759. The maximum absolute atomic E-state index is 11.5. The number of hydrogen-bond acceptors (Lipinski definition) is 4.